The number of nitrogens with zero attached hydrogens (tertiary/aromatic N) is 2. The number of carbonyl (C=O) groups excluding carboxylic acids is 3. The first-order valence-electron chi connectivity index (χ1n) is 6.12. The second kappa shape index (κ2) is 6.04. The lowest BCUT2D eigenvalue weighted by Gasteiger charge is -2.08. The molecule has 0 aliphatic rings. The van der Waals surface area contributed by atoms with Gasteiger partial charge in [-0.25, -0.2) is 14.3 Å². The number of rotatable bonds is 3. The van der Waals surface area contributed by atoms with Crippen LogP contribution in [0.15, 0.2) is 29.1 Å². The Balaban J connectivity index is 2.29. The second-order valence-electron chi connectivity index (χ2n) is 4.31. The first kappa shape index (κ1) is 15.2. The standard InChI is InChI=1S/C13H12N4O5/c1-17-11(19)8-5-3-2-4-7(8)10(16-17)12(20)22-6-9(18)15-13(14)21/h2-5H,6H2,1H3,(H3,14,15,18,21). The number of esters is 1. The van der Waals surface area contributed by atoms with Crippen LogP contribution in [-0.4, -0.2) is 34.3 Å². The third kappa shape index (κ3) is 3.08. The molecule has 0 fully saturated rings. The molecule has 0 bridgehead atoms. The van der Waals surface area contributed by atoms with E-state index in [1.165, 1.54) is 7.05 Å². The highest BCUT2D eigenvalue weighted by Crippen LogP contribution is 2.13. The fraction of sp³-hybridized carbons (Fsp3) is 0.154. The lowest BCUT2D eigenvalue weighted by atomic mass is 10.1. The minimum absolute atomic E-state index is 0.107. The number of hydrogen-bond donors (Lipinski definition) is 2. The molecule has 0 saturated heterocycles. The van der Waals surface area contributed by atoms with Crippen LogP contribution in [0.1, 0.15) is 10.5 Å². The Morgan fingerprint density at radius 2 is 1.91 bits per heavy atom. The number of carbonyl (C=O) groups is 3. The van der Waals surface area contributed by atoms with Crippen LogP contribution in [0.25, 0.3) is 10.8 Å². The topological polar surface area (TPSA) is 133 Å². The summed E-state index contributed by atoms with van der Waals surface area (Å²) in [6.45, 7) is -0.694. The molecule has 1 heterocycles. The van der Waals surface area contributed by atoms with E-state index in [-0.39, 0.29) is 11.3 Å². The number of aromatic nitrogens is 2. The van der Waals surface area contributed by atoms with Crippen LogP contribution in [0.4, 0.5) is 4.79 Å². The monoisotopic (exact) mass is 304 g/mol. The lowest BCUT2D eigenvalue weighted by molar-refractivity contribution is -0.123. The van der Waals surface area contributed by atoms with Gasteiger partial charge in [0.2, 0.25) is 0 Å². The van der Waals surface area contributed by atoms with Gasteiger partial charge in [-0.05, 0) is 6.07 Å². The zero-order valence-corrected chi connectivity index (χ0v) is 11.5. The number of nitrogens with one attached hydrogen (secondary N) is 1. The molecular formula is C13H12N4O5. The summed E-state index contributed by atoms with van der Waals surface area (Å²) in [7, 11) is 1.39. The molecule has 0 aliphatic carbocycles. The molecule has 9 nitrogen and oxygen atoms in total. The molecule has 0 aliphatic heterocycles. The second-order valence-corrected chi connectivity index (χ2v) is 4.31. The third-order valence-electron chi connectivity index (χ3n) is 2.75. The predicted octanol–water partition coefficient (Wildman–Crippen LogP) is -0.715. The van der Waals surface area contributed by atoms with E-state index in [1.807, 2.05) is 0 Å². The van der Waals surface area contributed by atoms with Crippen LogP contribution in [-0.2, 0) is 16.6 Å². The van der Waals surface area contributed by atoms with E-state index >= 15 is 0 Å². The Bertz CT molecular complexity index is 827. The average Bonchev–Trinajstić information content (AvgIpc) is 2.48. The number of urea groups is 1. The fourth-order valence-corrected chi connectivity index (χ4v) is 1.82. The van der Waals surface area contributed by atoms with E-state index in [0.717, 1.165) is 4.68 Å². The summed E-state index contributed by atoms with van der Waals surface area (Å²) in [4.78, 5) is 45.6. The molecule has 3 amide bonds. The smallest absolute Gasteiger partial charge is 0.359 e. The Morgan fingerprint density at radius 1 is 1.27 bits per heavy atom. The number of nitrogens with two attached hydrogens (primary N) is 1. The molecule has 0 spiro atoms. The molecule has 2 rings (SSSR count). The van der Waals surface area contributed by atoms with Gasteiger partial charge >= 0.3 is 12.0 Å². The van der Waals surface area contributed by atoms with E-state index in [9.17, 15) is 19.2 Å². The van der Waals surface area contributed by atoms with Gasteiger partial charge in [-0.2, -0.15) is 5.10 Å². The van der Waals surface area contributed by atoms with Gasteiger partial charge in [-0.15, -0.1) is 0 Å². The van der Waals surface area contributed by atoms with E-state index in [0.29, 0.717) is 10.8 Å². The van der Waals surface area contributed by atoms with Crippen molar-refractivity contribution in [2.45, 2.75) is 0 Å². The van der Waals surface area contributed by atoms with Gasteiger partial charge in [0.15, 0.2) is 12.3 Å². The first-order chi connectivity index (χ1) is 10.4. The number of imide groups is 1. The molecule has 0 atom stereocenters. The van der Waals surface area contributed by atoms with Crippen molar-refractivity contribution in [3.8, 4) is 0 Å². The molecule has 22 heavy (non-hydrogen) atoms. The van der Waals surface area contributed by atoms with Crippen LogP contribution in [0.2, 0.25) is 0 Å². The summed E-state index contributed by atoms with van der Waals surface area (Å²) < 4.78 is 5.76. The molecule has 3 N–H and O–H groups in total. The van der Waals surface area contributed by atoms with Crippen molar-refractivity contribution >= 4 is 28.7 Å². The van der Waals surface area contributed by atoms with E-state index < -0.39 is 24.5 Å². The molecule has 0 unspecified atom stereocenters. The minimum Gasteiger partial charge on any atom is -0.451 e. The maximum atomic E-state index is 12.0. The molecule has 2 aromatic rings. The number of benzene rings is 1. The van der Waals surface area contributed by atoms with Gasteiger partial charge in [0.25, 0.3) is 11.5 Å². The molecule has 0 saturated carbocycles. The van der Waals surface area contributed by atoms with Gasteiger partial charge in [0.05, 0.1) is 5.39 Å². The maximum absolute atomic E-state index is 12.0. The number of amides is 3. The molecular weight excluding hydrogens is 292 g/mol. The van der Waals surface area contributed by atoms with Crippen LogP contribution >= 0.6 is 0 Å². The maximum Gasteiger partial charge on any atom is 0.359 e. The largest absolute Gasteiger partial charge is 0.451 e. The highest BCUT2D eigenvalue weighted by molar-refractivity contribution is 6.03. The summed E-state index contributed by atoms with van der Waals surface area (Å²) in [5, 5.41) is 6.21. The van der Waals surface area contributed by atoms with E-state index in [2.05, 4.69) is 5.10 Å². The van der Waals surface area contributed by atoms with Gasteiger partial charge in [-0.1, -0.05) is 18.2 Å². The Morgan fingerprint density at radius 3 is 2.55 bits per heavy atom. The summed E-state index contributed by atoms with van der Waals surface area (Å²) in [6, 6.07) is 5.34. The number of fused-ring (bicyclic) bond motifs is 1. The van der Waals surface area contributed by atoms with Crippen LogP contribution < -0.4 is 16.6 Å². The SMILES string of the molecule is Cn1nc(C(=O)OCC(=O)NC(N)=O)c2ccccc2c1=O. The number of primary amides is 1. The van der Waals surface area contributed by atoms with Crippen molar-refractivity contribution in [3.63, 3.8) is 0 Å². The quantitative estimate of drug-likeness (QED) is 0.719. The van der Waals surface area contributed by atoms with Crippen LogP contribution in [0.5, 0.6) is 0 Å². The minimum atomic E-state index is -1.05. The van der Waals surface area contributed by atoms with Crippen LogP contribution in [0, 0.1) is 0 Å². The number of hydrogen-bond acceptors (Lipinski definition) is 6. The third-order valence-corrected chi connectivity index (χ3v) is 2.75. The van der Waals surface area contributed by atoms with Crippen molar-refractivity contribution in [2.75, 3.05) is 6.61 Å². The van der Waals surface area contributed by atoms with Gasteiger partial charge in [0.1, 0.15) is 0 Å². The Hall–Kier alpha value is -3.23. The first-order valence-corrected chi connectivity index (χ1v) is 6.12. The van der Waals surface area contributed by atoms with E-state index in [1.54, 1.807) is 29.6 Å². The molecule has 9 heteroatoms. The van der Waals surface area contributed by atoms with Gasteiger partial charge in [0, 0.05) is 12.4 Å². The Kier molecular flexibility index (Phi) is 4.16. The highest BCUT2D eigenvalue weighted by atomic mass is 16.5. The zero-order valence-electron chi connectivity index (χ0n) is 11.5. The number of aryl methyl sites for hydroxylation is 1. The van der Waals surface area contributed by atoms with Crippen molar-refractivity contribution in [1.29, 1.82) is 0 Å². The fourth-order valence-electron chi connectivity index (χ4n) is 1.82. The van der Waals surface area contributed by atoms with Crippen LogP contribution in [0.3, 0.4) is 0 Å². The summed E-state index contributed by atoms with van der Waals surface area (Å²) in [6.07, 6.45) is 0. The lowest BCUT2D eigenvalue weighted by Crippen LogP contribution is -2.38. The highest BCUT2D eigenvalue weighted by Gasteiger charge is 2.18. The predicted molar refractivity (Wildman–Crippen MR) is 75.0 cm³/mol. The molecule has 1 aromatic heterocycles. The van der Waals surface area contributed by atoms with Crippen molar-refractivity contribution in [1.82, 2.24) is 15.1 Å². The average molecular weight is 304 g/mol. The van der Waals surface area contributed by atoms with Crippen molar-refractivity contribution in [3.05, 3.63) is 40.3 Å². The summed E-state index contributed by atoms with van der Waals surface area (Å²) >= 11 is 0. The Labute approximate surface area is 123 Å². The van der Waals surface area contributed by atoms with Crippen molar-refractivity contribution in [2.24, 2.45) is 12.8 Å². The summed E-state index contributed by atoms with van der Waals surface area (Å²) in [5.41, 5.74) is 4.29. The van der Waals surface area contributed by atoms with Gasteiger partial charge in [-0.3, -0.25) is 14.9 Å². The van der Waals surface area contributed by atoms with E-state index in [4.69, 9.17) is 10.5 Å². The molecule has 1 aromatic carbocycles. The number of ether oxygens (including phenoxy) is 1. The van der Waals surface area contributed by atoms with Gasteiger partial charge < -0.3 is 10.5 Å². The van der Waals surface area contributed by atoms with Crippen molar-refractivity contribution < 1.29 is 19.1 Å². The zero-order chi connectivity index (χ0) is 16.3. The summed E-state index contributed by atoms with van der Waals surface area (Å²) in [5.74, 6) is -1.76. The molecule has 114 valence electrons. The molecule has 0 radical (unpaired) electrons. The normalized spacial score (nSPS) is 10.2.